The van der Waals surface area contributed by atoms with Gasteiger partial charge in [-0.25, -0.2) is 4.98 Å². The molecule has 3 heterocycles. The van der Waals surface area contributed by atoms with Crippen LogP contribution in [0.1, 0.15) is 29.9 Å². The smallest absolute Gasteiger partial charge is 0.259 e. The zero-order valence-electron chi connectivity index (χ0n) is 20.0. The number of aliphatic hydroxyl groups excluding tert-OH is 1. The highest BCUT2D eigenvalue weighted by molar-refractivity contribution is 5.98. The number of likely N-dealkylation sites (N-methyl/N-ethyl adjacent to an activating group) is 1. The topological polar surface area (TPSA) is 78.8 Å². The van der Waals surface area contributed by atoms with Gasteiger partial charge in [-0.05, 0) is 37.7 Å². The number of rotatable bonds is 7. The molecule has 0 saturated carbocycles. The summed E-state index contributed by atoms with van der Waals surface area (Å²) in [6.07, 6.45) is 3.36. The lowest BCUT2D eigenvalue weighted by Crippen LogP contribution is -2.49. The molecule has 1 aliphatic rings. The first-order valence-electron chi connectivity index (χ1n) is 11.7. The summed E-state index contributed by atoms with van der Waals surface area (Å²) < 4.78 is 6.40. The van der Waals surface area contributed by atoms with E-state index in [1.54, 1.807) is 17.3 Å². The zero-order valence-corrected chi connectivity index (χ0v) is 20.0. The van der Waals surface area contributed by atoms with E-state index < -0.39 is 0 Å². The van der Waals surface area contributed by atoms with Gasteiger partial charge < -0.3 is 14.7 Å². The van der Waals surface area contributed by atoms with Crippen LogP contribution >= 0.6 is 0 Å². The molecule has 0 bridgehead atoms. The van der Waals surface area contributed by atoms with Crippen molar-refractivity contribution in [2.75, 3.05) is 26.7 Å². The lowest BCUT2D eigenvalue weighted by molar-refractivity contribution is 0.0324. The maximum atomic E-state index is 13.6. The minimum absolute atomic E-state index is 0.0351. The van der Waals surface area contributed by atoms with Crippen LogP contribution in [0.15, 0.2) is 67.0 Å². The second kappa shape index (κ2) is 10.8. The molecule has 3 aromatic rings. The van der Waals surface area contributed by atoms with Gasteiger partial charge in [0.15, 0.2) is 0 Å². The monoisotopic (exact) mass is 460 g/mol. The largest absolute Gasteiger partial charge is 0.472 e. The number of carbonyl (C=O) groups is 1. The van der Waals surface area contributed by atoms with Gasteiger partial charge in [-0.1, -0.05) is 43.3 Å². The van der Waals surface area contributed by atoms with Crippen molar-refractivity contribution in [1.29, 1.82) is 0 Å². The Labute approximate surface area is 201 Å². The first kappa shape index (κ1) is 23.9. The van der Waals surface area contributed by atoms with E-state index in [1.807, 2.05) is 68.6 Å². The summed E-state index contributed by atoms with van der Waals surface area (Å²) in [5.41, 5.74) is 3.24. The number of aliphatic hydroxyl groups is 1. The molecule has 3 atom stereocenters. The van der Waals surface area contributed by atoms with Crippen molar-refractivity contribution in [3.8, 4) is 17.0 Å². The Hall–Kier alpha value is -3.29. The predicted molar refractivity (Wildman–Crippen MR) is 131 cm³/mol. The summed E-state index contributed by atoms with van der Waals surface area (Å²) in [5, 5.41) is 9.85. The Kier molecular flexibility index (Phi) is 7.55. The molecule has 178 valence electrons. The van der Waals surface area contributed by atoms with E-state index in [-0.39, 0.29) is 30.6 Å². The van der Waals surface area contributed by atoms with Gasteiger partial charge in [0.1, 0.15) is 11.7 Å². The van der Waals surface area contributed by atoms with Crippen LogP contribution in [-0.4, -0.2) is 69.7 Å². The average molecular weight is 461 g/mol. The normalized spacial score (nSPS) is 19.2. The number of pyridine rings is 2. The molecular weight excluding hydrogens is 428 g/mol. The molecule has 1 aliphatic heterocycles. The molecule has 0 saturated heterocycles. The van der Waals surface area contributed by atoms with E-state index in [1.165, 1.54) is 0 Å². The maximum absolute atomic E-state index is 13.6. The third-order valence-electron chi connectivity index (χ3n) is 6.28. The second-order valence-corrected chi connectivity index (χ2v) is 9.08. The van der Waals surface area contributed by atoms with Crippen molar-refractivity contribution < 1.29 is 14.6 Å². The maximum Gasteiger partial charge on any atom is 0.259 e. The van der Waals surface area contributed by atoms with Crippen LogP contribution in [0.5, 0.6) is 5.88 Å². The van der Waals surface area contributed by atoms with Gasteiger partial charge in [-0.3, -0.25) is 14.7 Å². The van der Waals surface area contributed by atoms with Crippen molar-refractivity contribution in [3.63, 3.8) is 0 Å². The lowest BCUT2D eigenvalue weighted by Gasteiger charge is -2.37. The summed E-state index contributed by atoms with van der Waals surface area (Å²) in [7, 11) is 2.04. The van der Waals surface area contributed by atoms with E-state index in [2.05, 4.69) is 21.8 Å². The van der Waals surface area contributed by atoms with E-state index in [0.717, 1.165) is 16.8 Å². The fourth-order valence-corrected chi connectivity index (χ4v) is 4.25. The zero-order chi connectivity index (χ0) is 24.1. The summed E-state index contributed by atoms with van der Waals surface area (Å²) in [6.45, 7) is 5.66. The van der Waals surface area contributed by atoms with Crippen LogP contribution in [-0.2, 0) is 6.54 Å². The minimum Gasteiger partial charge on any atom is -0.472 e. The van der Waals surface area contributed by atoms with Crippen molar-refractivity contribution in [3.05, 3.63) is 78.2 Å². The third kappa shape index (κ3) is 5.43. The highest BCUT2D eigenvalue weighted by Gasteiger charge is 2.34. The molecule has 0 spiro atoms. The number of nitrogens with zero attached hydrogens (tertiary/aromatic N) is 4. The van der Waals surface area contributed by atoms with E-state index in [4.69, 9.17) is 4.74 Å². The van der Waals surface area contributed by atoms with Crippen molar-refractivity contribution >= 4 is 5.91 Å². The molecule has 0 fully saturated rings. The van der Waals surface area contributed by atoms with Gasteiger partial charge in [0, 0.05) is 43.5 Å². The van der Waals surface area contributed by atoms with Gasteiger partial charge in [-0.2, -0.15) is 0 Å². The number of aromatic nitrogens is 2. The molecule has 4 rings (SSSR count). The number of fused-ring (bicyclic) bond motifs is 1. The fraction of sp³-hybridized carbons (Fsp3) is 0.370. The molecule has 1 N–H and O–H groups in total. The number of carbonyl (C=O) groups excluding carboxylic acids is 1. The van der Waals surface area contributed by atoms with Gasteiger partial charge >= 0.3 is 0 Å². The molecule has 1 amide bonds. The van der Waals surface area contributed by atoms with Crippen LogP contribution in [0, 0.1) is 5.92 Å². The van der Waals surface area contributed by atoms with Gasteiger partial charge in [0.25, 0.3) is 5.91 Å². The molecular formula is C27H32N4O3. The predicted octanol–water partition coefficient (Wildman–Crippen LogP) is 3.50. The average Bonchev–Trinajstić information content (AvgIpc) is 2.86. The Morgan fingerprint density at radius 2 is 1.91 bits per heavy atom. The first-order valence-corrected chi connectivity index (χ1v) is 11.7. The van der Waals surface area contributed by atoms with Crippen LogP contribution in [0.3, 0.4) is 0 Å². The second-order valence-electron chi connectivity index (χ2n) is 9.08. The molecule has 34 heavy (non-hydrogen) atoms. The fourth-order valence-electron chi connectivity index (χ4n) is 4.25. The quantitative estimate of drug-likeness (QED) is 0.582. The summed E-state index contributed by atoms with van der Waals surface area (Å²) in [6, 6.07) is 17.3. The Morgan fingerprint density at radius 3 is 2.62 bits per heavy atom. The van der Waals surface area contributed by atoms with Crippen molar-refractivity contribution in [2.24, 2.45) is 5.92 Å². The molecule has 0 radical (unpaired) electrons. The third-order valence-corrected chi connectivity index (χ3v) is 6.28. The number of hydrogen-bond acceptors (Lipinski definition) is 6. The van der Waals surface area contributed by atoms with E-state index >= 15 is 0 Å². The SMILES string of the molecule is C[C@@H]1CN([C@H](C)CO)C(=O)c2cc(-c3ccccc3)cnc2O[C@H]1CN(C)Cc1ccccn1. The molecule has 7 nitrogen and oxygen atoms in total. The molecule has 0 aliphatic carbocycles. The van der Waals surface area contributed by atoms with Gasteiger partial charge in [-0.15, -0.1) is 0 Å². The van der Waals surface area contributed by atoms with E-state index in [9.17, 15) is 9.90 Å². The molecule has 1 aromatic carbocycles. The van der Waals surface area contributed by atoms with Crippen LogP contribution < -0.4 is 4.74 Å². The van der Waals surface area contributed by atoms with E-state index in [0.29, 0.717) is 31.1 Å². The lowest BCUT2D eigenvalue weighted by atomic mass is 9.99. The molecule has 2 aromatic heterocycles. The highest BCUT2D eigenvalue weighted by Crippen LogP contribution is 2.30. The van der Waals surface area contributed by atoms with Crippen molar-refractivity contribution in [1.82, 2.24) is 19.8 Å². The molecule has 7 heteroatoms. The summed E-state index contributed by atoms with van der Waals surface area (Å²) in [5.74, 6) is 0.199. The Morgan fingerprint density at radius 1 is 1.15 bits per heavy atom. The molecule has 0 unspecified atom stereocenters. The summed E-state index contributed by atoms with van der Waals surface area (Å²) in [4.78, 5) is 26.5. The number of hydrogen-bond donors (Lipinski definition) is 1. The number of amides is 1. The van der Waals surface area contributed by atoms with Gasteiger partial charge in [0.2, 0.25) is 5.88 Å². The van der Waals surface area contributed by atoms with Gasteiger partial charge in [0.05, 0.1) is 18.3 Å². The standard InChI is InChI=1S/C27H32N4O3/c1-19-15-31(20(2)18-32)27(33)24-13-22(21-9-5-4-6-10-21)14-29-26(24)34-25(19)17-30(3)16-23-11-7-8-12-28-23/h4-14,19-20,25,32H,15-18H2,1-3H3/t19-,20-,25+/m1/s1. The van der Waals surface area contributed by atoms with Crippen molar-refractivity contribution in [2.45, 2.75) is 32.5 Å². The number of benzene rings is 1. The Balaban J connectivity index is 1.65. The Bertz CT molecular complexity index is 1090. The van der Waals surface area contributed by atoms with Crippen LogP contribution in [0.2, 0.25) is 0 Å². The van der Waals surface area contributed by atoms with Crippen LogP contribution in [0.25, 0.3) is 11.1 Å². The highest BCUT2D eigenvalue weighted by atomic mass is 16.5. The first-order chi connectivity index (χ1) is 16.5. The minimum atomic E-state index is -0.312. The van der Waals surface area contributed by atoms with Crippen LogP contribution in [0.4, 0.5) is 0 Å². The summed E-state index contributed by atoms with van der Waals surface area (Å²) >= 11 is 0. The number of ether oxygens (including phenoxy) is 1.